The molecule has 0 saturated heterocycles. The molecule has 0 fully saturated rings. The molecule has 0 bridgehead atoms. The van der Waals surface area contributed by atoms with Gasteiger partial charge in [-0.15, -0.1) is 13.2 Å². The van der Waals surface area contributed by atoms with Crippen LogP contribution < -0.4 is 0 Å². The molecule has 178 valence electrons. The van der Waals surface area contributed by atoms with Crippen molar-refractivity contribution in [3.05, 3.63) is 90.6 Å². The van der Waals surface area contributed by atoms with Crippen LogP contribution in [0.25, 0.3) is 0 Å². The van der Waals surface area contributed by atoms with Gasteiger partial charge in [0.05, 0.1) is 46.6 Å². The second-order valence-corrected chi connectivity index (χ2v) is 6.77. The molecule has 1 heterocycles. The average molecular weight is 521 g/mol. The zero-order valence-corrected chi connectivity index (χ0v) is 19.9. The van der Waals surface area contributed by atoms with Gasteiger partial charge < -0.3 is 17.0 Å². The van der Waals surface area contributed by atoms with Gasteiger partial charge in [-0.2, -0.15) is 0 Å². The Balaban J connectivity index is 0.000000890. The molecular formula is C22H22F3FeN3O3S. The Bertz CT molecular complexity index is 1020. The number of nitrogens with zero attached hydrogens (tertiary/aromatic N) is 2. The second kappa shape index (κ2) is 14.6. The van der Waals surface area contributed by atoms with Crippen molar-refractivity contribution in [3.63, 3.8) is 0 Å². The summed E-state index contributed by atoms with van der Waals surface area (Å²) in [5, 5.41) is 0. The van der Waals surface area contributed by atoms with Crippen LogP contribution in [0.1, 0.15) is 22.5 Å². The molecular weight excluding hydrogens is 499 g/mol. The largest absolute Gasteiger partial charge is 2.00 e. The van der Waals surface area contributed by atoms with E-state index in [4.69, 9.17) is 8.76 Å². The summed E-state index contributed by atoms with van der Waals surface area (Å²) in [5.41, 5.74) is 6.21. The van der Waals surface area contributed by atoms with Crippen LogP contribution in [0.3, 0.4) is 0 Å². The van der Waals surface area contributed by atoms with Crippen LogP contribution in [0.4, 0.5) is 24.5 Å². The van der Waals surface area contributed by atoms with E-state index in [9.17, 15) is 13.2 Å². The number of benzene rings is 2. The number of hydrogen-bond acceptors (Lipinski definition) is 5. The third kappa shape index (κ3) is 11.7. The molecule has 0 amide bonds. The smallest absolute Gasteiger partial charge is 0.750 e. The maximum absolute atomic E-state index is 10.7. The fourth-order valence-corrected chi connectivity index (χ4v) is 2.51. The van der Waals surface area contributed by atoms with Crippen molar-refractivity contribution in [2.75, 3.05) is 0 Å². The van der Waals surface area contributed by atoms with Gasteiger partial charge in [0.1, 0.15) is 0 Å². The molecule has 0 radical (unpaired) electrons. The van der Waals surface area contributed by atoms with Crippen LogP contribution in [-0.4, -0.2) is 32.5 Å². The van der Waals surface area contributed by atoms with Crippen molar-refractivity contribution in [2.24, 2.45) is 9.98 Å². The maximum Gasteiger partial charge on any atom is 2.00 e. The first kappa shape index (κ1) is 30.4. The van der Waals surface area contributed by atoms with Crippen LogP contribution in [0.5, 0.6) is 0 Å². The first-order valence-electron chi connectivity index (χ1n) is 8.88. The van der Waals surface area contributed by atoms with Gasteiger partial charge in [-0.3, -0.25) is 9.98 Å². The second-order valence-electron chi connectivity index (χ2n) is 6.19. The first-order valence-corrected chi connectivity index (χ1v) is 9.88. The monoisotopic (exact) mass is 521 g/mol. The van der Waals surface area contributed by atoms with Gasteiger partial charge >= 0.3 is 23.4 Å². The van der Waals surface area contributed by atoms with Crippen LogP contribution in [0, 0.1) is 21.3 Å². The summed E-state index contributed by atoms with van der Waals surface area (Å²) >= 11 is -3.51. The molecule has 1 N–H and O–H groups in total. The number of halogens is 3. The quantitative estimate of drug-likeness (QED) is 0.196. The number of aryl methyl sites for hydroxylation is 2. The number of para-hydroxylation sites is 2. The Morgan fingerprint density at radius 3 is 1.58 bits per heavy atom. The van der Waals surface area contributed by atoms with Crippen molar-refractivity contribution in [1.82, 2.24) is 4.98 Å². The summed E-state index contributed by atoms with van der Waals surface area (Å²) in [4.78, 5) is 12.3. The molecule has 1 aromatic heterocycles. The van der Waals surface area contributed by atoms with Gasteiger partial charge in [0, 0.05) is 0 Å². The minimum atomic E-state index is -5.09. The van der Waals surface area contributed by atoms with E-state index in [1.807, 2.05) is 61.0 Å². The Kier molecular flexibility index (Phi) is 13.4. The molecule has 0 aliphatic rings. The van der Waals surface area contributed by atoms with Crippen molar-refractivity contribution < 1.29 is 43.2 Å². The zero-order chi connectivity index (χ0) is 22.9. The number of hydrogen-bond donors (Lipinski definition) is 1. The van der Waals surface area contributed by atoms with Crippen molar-refractivity contribution in [3.8, 4) is 0 Å². The van der Waals surface area contributed by atoms with Gasteiger partial charge in [-0.05, 0) is 49.2 Å². The number of aromatic amines is 1. The van der Waals surface area contributed by atoms with E-state index < -0.39 is 17.7 Å². The maximum atomic E-state index is 10.7. The molecule has 0 spiro atoms. The third-order valence-corrected chi connectivity index (χ3v) is 4.14. The Morgan fingerprint density at radius 2 is 1.27 bits per heavy atom. The fourth-order valence-electron chi connectivity index (χ4n) is 2.35. The topological polar surface area (TPSA) is 89.9 Å². The Morgan fingerprint density at radius 1 is 0.879 bits per heavy atom. The normalized spacial score (nSPS) is 11.9. The van der Waals surface area contributed by atoms with E-state index in [1.54, 1.807) is 0 Å². The minimum absolute atomic E-state index is 0. The van der Waals surface area contributed by atoms with E-state index in [1.165, 1.54) is 0 Å². The molecule has 2 aromatic carbocycles. The van der Waals surface area contributed by atoms with Gasteiger partial charge in [-0.25, -0.2) is 8.39 Å². The van der Waals surface area contributed by atoms with E-state index in [0.717, 1.165) is 33.9 Å². The number of rotatable bonds is 5. The minimum Gasteiger partial charge on any atom is -0.750 e. The van der Waals surface area contributed by atoms with Crippen LogP contribution >= 0.6 is 0 Å². The molecule has 11 heteroatoms. The number of nitrogens with one attached hydrogen (secondary N) is 1. The molecule has 0 saturated carbocycles. The average Bonchev–Trinajstić information content (AvgIpc) is 3.13. The Hall–Kier alpha value is -2.56. The molecule has 3 aromatic rings. The molecule has 0 aliphatic heterocycles. The standard InChI is InChI=1S/C20H19N3.CHF3O3S.CH3.Fe/c1-15-7-3-5-9-19(15)21-13-17-11-12-18(23-17)14-22-20-10-6-4-8-16(20)2;2-1(3,4)7-8(5)6;;/h3-14,23H,1-2H3;(H,5,6);1H3;/q;;-1;+2/p-1. The van der Waals surface area contributed by atoms with Crippen molar-refractivity contribution >= 4 is 35.2 Å². The molecule has 6 nitrogen and oxygen atoms in total. The van der Waals surface area contributed by atoms with E-state index in [-0.39, 0.29) is 24.5 Å². The van der Waals surface area contributed by atoms with Crippen LogP contribution in [-0.2, 0) is 32.6 Å². The predicted octanol–water partition coefficient (Wildman–Crippen LogP) is 5.90. The number of alkyl halides is 3. The number of aromatic nitrogens is 1. The van der Waals surface area contributed by atoms with Crippen molar-refractivity contribution in [1.29, 1.82) is 0 Å². The predicted molar refractivity (Wildman–Crippen MR) is 120 cm³/mol. The summed E-state index contributed by atoms with van der Waals surface area (Å²) < 4.78 is 52.6. The molecule has 33 heavy (non-hydrogen) atoms. The Labute approximate surface area is 204 Å². The van der Waals surface area contributed by atoms with Gasteiger partial charge in [0.25, 0.3) is 0 Å². The summed E-state index contributed by atoms with van der Waals surface area (Å²) in [6.07, 6.45) is -1.41. The molecule has 3 rings (SSSR count). The van der Waals surface area contributed by atoms with E-state index >= 15 is 0 Å². The summed E-state index contributed by atoms with van der Waals surface area (Å²) in [6, 6.07) is 20.2. The first-order chi connectivity index (χ1) is 14.6. The third-order valence-electron chi connectivity index (χ3n) is 3.81. The summed E-state index contributed by atoms with van der Waals surface area (Å²) in [7, 11) is 0. The van der Waals surface area contributed by atoms with Crippen LogP contribution in [0.15, 0.2) is 70.6 Å². The summed E-state index contributed by atoms with van der Waals surface area (Å²) in [5.74, 6) is 0. The van der Waals surface area contributed by atoms with Gasteiger partial charge in [0.15, 0.2) is 0 Å². The van der Waals surface area contributed by atoms with E-state index in [2.05, 4.69) is 45.1 Å². The van der Waals surface area contributed by atoms with Crippen LogP contribution in [0.2, 0.25) is 0 Å². The number of H-pyrrole nitrogens is 1. The van der Waals surface area contributed by atoms with Gasteiger partial charge in [-0.1, -0.05) is 36.4 Å². The number of aliphatic imine (C=N–C) groups is 2. The van der Waals surface area contributed by atoms with Gasteiger partial charge in [0.2, 0.25) is 0 Å². The molecule has 1 unspecified atom stereocenters. The molecule has 0 aliphatic carbocycles. The fraction of sp³-hybridized carbons (Fsp3) is 0.136. The summed E-state index contributed by atoms with van der Waals surface area (Å²) in [6.45, 7) is 4.11. The SMILES string of the molecule is Cc1ccccc1N=Cc1ccc(C=Nc2ccccc2C)[nH]1.O=S([O-])OC(F)(F)F.[CH3-].[Fe+2]. The van der Waals surface area contributed by atoms with Crippen molar-refractivity contribution in [2.45, 2.75) is 20.2 Å². The van der Waals surface area contributed by atoms with E-state index in [0.29, 0.717) is 0 Å². The zero-order valence-electron chi connectivity index (χ0n) is 17.9. The molecule has 1 atom stereocenters.